The van der Waals surface area contributed by atoms with E-state index in [2.05, 4.69) is 0 Å². The van der Waals surface area contributed by atoms with Crippen LogP contribution in [0.5, 0.6) is 0 Å². The van der Waals surface area contributed by atoms with Crippen LogP contribution in [0, 0.1) is 0 Å². The zero-order valence-electron chi connectivity index (χ0n) is 13.4. The average molecular weight is 303 g/mol. The van der Waals surface area contributed by atoms with Gasteiger partial charge in [0.1, 0.15) is 12.3 Å². The molecule has 1 saturated heterocycles. The van der Waals surface area contributed by atoms with Gasteiger partial charge in [-0.25, -0.2) is 9.59 Å². The first-order valence-corrected chi connectivity index (χ1v) is 7.01. The van der Waals surface area contributed by atoms with E-state index in [0.29, 0.717) is 13.0 Å². The third-order valence-corrected chi connectivity index (χ3v) is 3.04. The van der Waals surface area contributed by atoms with Crippen LogP contribution in [0.1, 0.15) is 34.1 Å². The maximum absolute atomic E-state index is 12.4. The molecule has 0 aromatic heterocycles. The smallest absolute Gasteiger partial charge is 0.413 e. The molecule has 0 aromatic carbocycles. The summed E-state index contributed by atoms with van der Waals surface area (Å²) in [6, 6.07) is 0. The van der Waals surface area contributed by atoms with Crippen molar-refractivity contribution in [3.63, 3.8) is 0 Å². The van der Waals surface area contributed by atoms with Gasteiger partial charge in [-0.15, -0.1) is 0 Å². The summed E-state index contributed by atoms with van der Waals surface area (Å²) in [5.41, 5.74) is -1.85. The van der Waals surface area contributed by atoms with E-state index < -0.39 is 23.2 Å². The Labute approximate surface area is 125 Å². The van der Waals surface area contributed by atoms with E-state index in [1.807, 2.05) is 0 Å². The molecule has 0 radical (unpaired) electrons. The first-order valence-electron chi connectivity index (χ1n) is 7.01. The van der Waals surface area contributed by atoms with Gasteiger partial charge in [0, 0.05) is 20.1 Å². The fourth-order valence-corrected chi connectivity index (χ4v) is 2.10. The Morgan fingerprint density at radius 3 is 2.43 bits per heavy atom. The standard InChI is InChI=1S/C14H25NO6/c1-6-20-11(16)14(7-8-19-9-14)15(10-18-5)12(17)21-13(2,3)4/h6-10H2,1-5H3/t14-/m0/s1. The number of esters is 1. The van der Waals surface area contributed by atoms with Crippen molar-refractivity contribution in [2.45, 2.75) is 45.3 Å². The molecule has 1 aliphatic rings. The molecule has 0 aromatic rings. The number of methoxy groups -OCH3 is 1. The Bertz CT molecular complexity index is 370. The fraction of sp³-hybridized carbons (Fsp3) is 0.857. The van der Waals surface area contributed by atoms with Crippen molar-refractivity contribution in [3.05, 3.63) is 0 Å². The lowest BCUT2D eigenvalue weighted by Gasteiger charge is -2.37. The predicted molar refractivity (Wildman–Crippen MR) is 74.7 cm³/mol. The van der Waals surface area contributed by atoms with Crippen LogP contribution in [0.3, 0.4) is 0 Å². The van der Waals surface area contributed by atoms with Gasteiger partial charge in [0.2, 0.25) is 0 Å². The minimum atomic E-state index is -1.19. The zero-order valence-corrected chi connectivity index (χ0v) is 13.4. The Balaban J connectivity index is 3.03. The SMILES string of the molecule is CCOC(=O)[C@]1(N(COC)C(=O)OC(C)(C)C)CCOC1. The normalized spacial score (nSPS) is 22.0. The zero-order chi connectivity index (χ0) is 16.1. The monoisotopic (exact) mass is 303 g/mol. The van der Waals surface area contributed by atoms with Crippen molar-refractivity contribution < 1.29 is 28.5 Å². The highest BCUT2D eigenvalue weighted by molar-refractivity contribution is 5.86. The van der Waals surface area contributed by atoms with E-state index in [1.54, 1.807) is 27.7 Å². The van der Waals surface area contributed by atoms with Crippen molar-refractivity contribution in [1.82, 2.24) is 4.90 Å². The molecule has 0 saturated carbocycles. The van der Waals surface area contributed by atoms with Crippen LogP contribution in [0.15, 0.2) is 0 Å². The summed E-state index contributed by atoms with van der Waals surface area (Å²) in [7, 11) is 1.45. The highest BCUT2D eigenvalue weighted by atomic mass is 16.6. The van der Waals surface area contributed by atoms with Gasteiger partial charge in [-0.3, -0.25) is 4.90 Å². The molecule has 1 fully saturated rings. The number of hydrogen-bond donors (Lipinski definition) is 0. The van der Waals surface area contributed by atoms with Gasteiger partial charge in [-0.1, -0.05) is 0 Å². The summed E-state index contributed by atoms with van der Waals surface area (Å²) in [5.74, 6) is -0.495. The van der Waals surface area contributed by atoms with Gasteiger partial charge in [0.25, 0.3) is 0 Å². The van der Waals surface area contributed by atoms with Gasteiger partial charge in [0.05, 0.1) is 13.2 Å². The minimum Gasteiger partial charge on any atom is -0.464 e. The maximum atomic E-state index is 12.4. The first kappa shape index (κ1) is 17.7. The molecule has 1 atom stereocenters. The van der Waals surface area contributed by atoms with Gasteiger partial charge < -0.3 is 18.9 Å². The summed E-state index contributed by atoms with van der Waals surface area (Å²) < 4.78 is 20.9. The van der Waals surface area contributed by atoms with E-state index in [4.69, 9.17) is 18.9 Å². The van der Waals surface area contributed by atoms with E-state index in [-0.39, 0.29) is 19.9 Å². The minimum absolute atomic E-state index is 0.0723. The number of hydrogen-bond acceptors (Lipinski definition) is 6. The van der Waals surface area contributed by atoms with Crippen LogP contribution in [0.2, 0.25) is 0 Å². The summed E-state index contributed by atoms with van der Waals surface area (Å²) in [4.78, 5) is 26.0. The second-order valence-electron chi connectivity index (χ2n) is 5.88. The molecule has 21 heavy (non-hydrogen) atoms. The summed E-state index contributed by atoms with van der Waals surface area (Å²) in [6.07, 6.45) is -0.267. The van der Waals surface area contributed by atoms with E-state index >= 15 is 0 Å². The molecule has 1 rings (SSSR count). The Kier molecular flexibility index (Phi) is 5.98. The summed E-state index contributed by atoms with van der Waals surface area (Å²) in [5, 5.41) is 0. The fourth-order valence-electron chi connectivity index (χ4n) is 2.10. The molecule has 1 heterocycles. The Morgan fingerprint density at radius 2 is 2.00 bits per heavy atom. The summed E-state index contributed by atoms with van der Waals surface area (Å²) >= 11 is 0. The van der Waals surface area contributed by atoms with Crippen molar-refractivity contribution in [2.24, 2.45) is 0 Å². The van der Waals surface area contributed by atoms with Crippen LogP contribution in [0.25, 0.3) is 0 Å². The van der Waals surface area contributed by atoms with Gasteiger partial charge in [-0.2, -0.15) is 0 Å². The lowest BCUT2D eigenvalue weighted by atomic mass is 9.97. The molecule has 7 heteroatoms. The van der Waals surface area contributed by atoms with Crippen molar-refractivity contribution in [3.8, 4) is 0 Å². The predicted octanol–water partition coefficient (Wildman–Crippen LogP) is 1.55. The molecule has 0 spiro atoms. The van der Waals surface area contributed by atoms with Gasteiger partial charge >= 0.3 is 12.1 Å². The van der Waals surface area contributed by atoms with Crippen LogP contribution in [0.4, 0.5) is 4.79 Å². The van der Waals surface area contributed by atoms with E-state index in [9.17, 15) is 9.59 Å². The molecular weight excluding hydrogens is 278 g/mol. The highest BCUT2D eigenvalue weighted by Gasteiger charge is 2.52. The molecule has 0 aliphatic carbocycles. The topological polar surface area (TPSA) is 74.3 Å². The lowest BCUT2D eigenvalue weighted by Crippen LogP contribution is -2.59. The second kappa shape index (κ2) is 7.09. The molecule has 7 nitrogen and oxygen atoms in total. The molecule has 1 amide bonds. The van der Waals surface area contributed by atoms with Crippen LogP contribution < -0.4 is 0 Å². The quantitative estimate of drug-likeness (QED) is 0.566. The average Bonchev–Trinajstić information content (AvgIpc) is 2.84. The largest absolute Gasteiger partial charge is 0.464 e. The molecular formula is C14H25NO6. The number of nitrogens with zero attached hydrogens (tertiary/aromatic N) is 1. The Morgan fingerprint density at radius 1 is 1.33 bits per heavy atom. The second-order valence-corrected chi connectivity index (χ2v) is 5.88. The number of amides is 1. The number of ether oxygens (including phenoxy) is 4. The highest BCUT2D eigenvalue weighted by Crippen LogP contribution is 2.29. The van der Waals surface area contributed by atoms with Crippen molar-refractivity contribution in [2.75, 3.05) is 33.7 Å². The third-order valence-electron chi connectivity index (χ3n) is 3.04. The first-order chi connectivity index (χ1) is 9.77. The van der Waals surface area contributed by atoms with Gasteiger partial charge in [0.15, 0.2) is 5.54 Å². The maximum Gasteiger partial charge on any atom is 0.413 e. The van der Waals surface area contributed by atoms with Gasteiger partial charge in [-0.05, 0) is 27.7 Å². The molecule has 0 N–H and O–H groups in total. The number of carbonyl (C=O) groups is 2. The molecule has 0 unspecified atom stereocenters. The van der Waals surface area contributed by atoms with Crippen molar-refractivity contribution in [1.29, 1.82) is 0 Å². The number of carbonyl (C=O) groups excluding carboxylic acids is 2. The summed E-state index contributed by atoms with van der Waals surface area (Å²) in [6.45, 7) is 7.62. The molecule has 122 valence electrons. The number of rotatable bonds is 5. The third kappa shape index (κ3) is 4.31. The van der Waals surface area contributed by atoms with Crippen LogP contribution in [-0.4, -0.2) is 61.8 Å². The van der Waals surface area contributed by atoms with Crippen molar-refractivity contribution >= 4 is 12.1 Å². The lowest BCUT2D eigenvalue weighted by molar-refractivity contribution is -0.161. The Hall–Kier alpha value is -1.34. The molecule has 1 aliphatic heterocycles. The van der Waals surface area contributed by atoms with E-state index in [1.165, 1.54) is 12.0 Å². The van der Waals surface area contributed by atoms with Crippen LogP contribution in [-0.2, 0) is 23.7 Å². The molecule has 0 bridgehead atoms. The van der Waals surface area contributed by atoms with Crippen LogP contribution >= 0.6 is 0 Å². The van der Waals surface area contributed by atoms with E-state index in [0.717, 1.165) is 0 Å².